The zero-order chi connectivity index (χ0) is 30.0. The number of nitrogens with one attached hydrogen (secondary N) is 3. The molecule has 0 fully saturated rings. The molecule has 214 valence electrons. The van der Waals surface area contributed by atoms with Crippen LogP contribution in [0, 0.1) is 13.8 Å². The molecule has 0 radical (unpaired) electrons. The number of pyridine rings is 2. The standard InChI is InChI=1S/C31H30ClN7O2S/c1-17-14-21(19(3)34-24-11-12-25(32)36-28(24)30(40)38-42-5)27-22(15-17)31(41)39(4)29(37-27)20-10-13-26(33-16-20)35-23-9-7-6-8-18(23)2/h6-16,19,34H,1-5H3,(H,33,35)(H,38,40). The Morgan fingerprint density at radius 3 is 2.52 bits per heavy atom. The maximum Gasteiger partial charge on any atom is 0.281 e. The van der Waals surface area contributed by atoms with E-state index in [2.05, 4.69) is 25.3 Å². The number of nitrogens with zero attached hydrogens (tertiary/aromatic N) is 4. The van der Waals surface area contributed by atoms with Gasteiger partial charge < -0.3 is 10.6 Å². The molecule has 2 aromatic carbocycles. The summed E-state index contributed by atoms with van der Waals surface area (Å²) in [6, 6.07) is 18.6. The third-order valence-electron chi connectivity index (χ3n) is 6.89. The fourth-order valence-electron chi connectivity index (χ4n) is 4.77. The monoisotopic (exact) mass is 599 g/mol. The van der Waals surface area contributed by atoms with Gasteiger partial charge in [0.15, 0.2) is 5.69 Å². The predicted octanol–water partition coefficient (Wildman–Crippen LogP) is 6.59. The molecular weight excluding hydrogens is 570 g/mol. The number of amides is 1. The molecule has 0 aliphatic heterocycles. The normalized spacial score (nSPS) is 11.8. The number of benzene rings is 2. The second-order valence-corrected chi connectivity index (χ2v) is 11.0. The van der Waals surface area contributed by atoms with Crippen LogP contribution in [0.25, 0.3) is 22.3 Å². The number of aromatic nitrogens is 4. The van der Waals surface area contributed by atoms with E-state index in [4.69, 9.17) is 16.6 Å². The van der Waals surface area contributed by atoms with Crippen LogP contribution < -0.4 is 20.9 Å². The van der Waals surface area contributed by atoms with Crippen LogP contribution in [0.3, 0.4) is 0 Å². The summed E-state index contributed by atoms with van der Waals surface area (Å²) < 4.78 is 4.24. The molecule has 5 aromatic rings. The zero-order valence-corrected chi connectivity index (χ0v) is 25.4. The Balaban J connectivity index is 1.54. The average Bonchev–Trinajstić information content (AvgIpc) is 2.97. The summed E-state index contributed by atoms with van der Waals surface area (Å²) in [5.74, 6) is 0.815. The Morgan fingerprint density at radius 1 is 1.02 bits per heavy atom. The third-order valence-corrected chi connectivity index (χ3v) is 7.49. The van der Waals surface area contributed by atoms with E-state index < -0.39 is 0 Å². The van der Waals surface area contributed by atoms with Crippen molar-refractivity contribution in [3.8, 4) is 11.4 Å². The third kappa shape index (κ3) is 5.95. The largest absolute Gasteiger partial charge is 0.377 e. The van der Waals surface area contributed by atoms with E-state index in [1.165, 1.54) is 11.9 Å². The highest BCUT2D eigenvalue weighted by Crippen LogP contribution is 2.30. The van der Waals surface area contributed by atoms with Crippen molar-refractivity contribution in [2.24, 2.45) is 7.05 Å². The highest BCUT2D eigenvalue weighted by molar-refractivity contribution is 7.97. The summed E-state index contributed by atoms with van der Waals surface area (Å²) in [7, 11) is 1.71. The molecule has 0 spiro atoms. The van der Waals surface area contributed by atoms with Crippen molar-refractivity contribution < 1.29 is 4.79 Å². The first kappa shape index (κ1) is 29.1. The van der Waals surface area contributed by atoms with Gasteiger partial charge in [0, 0.05) is 36.3 Å². The van der Waals surface area contributed by atoms with Crippen LogP contribution in [0.5, 0.6) is 0 Å². The van der Waals surface area contributed by atoms with Crippen molar-refractivity contribution in [2.75, 3.05) is 16.9 Å². The average molecular weight is 600 g/mol. The van der Waals surface area contributed by atoms with Crippen LogP contribution in [-0.2, 0) is 7.05 Å². The number of carbonyl (C=O) groups excluding carboxylic acids is 1. The van der Waals surface area contributed by atoms with Gasteiger partial charge in [-0.25, -0.2) is 15.0 Å². The Kier molecular flexibility index (Phi) is 8.46. The number of hydrogen-bond donors (Lipinski definition) is 3. The highest BCUT2D eigenvalue weighted by Gasteiger charge is 2.20. The Hall–Kier alpha value is -4.41. The van der Waals surface area contributed by atoms with E-state index in [1.54, 1.807) is 36.2 Å². The van der Waals surface area contributed by atoms with Crippen LogP contribution in [0.4, 0.5) is 17.2 Å². The van der Waals surface area contributed by atoms with Crippen molar-refractivity contribution >= 4 is 57.6 Å². The molecule has 1 unspecified atom stereocenters. The van der Waals surface area contributed by atoms with Gasteiger partial charge >= 0.3 is 0 Å². The Labute approximate surface area is 252 Å². The van der Waals surface area contributed by atoms with Crippen LogP contribution in [0.1, 0.15) is 40.1 Å². The van der Waals surface area contributed by atoms with Gasteiger partial charge in [-0.2, -0.15) is 0 Å². The van der Waals surface area contributed by atoms with Gasteiger partial charge in [0.1, 0.15) is 16.8 Å². The number of fused-ring (bicyclic) bond motifs is 1. The minimum absolute atomic E-state index is 0.164. The van der Waals surface area contributed by atoms with Crippen LogP contribution in [0.2, 0.25) is 5.15 Å². The summed E-state index contributed by atoms with van der Waals surface area (Å²) in [4.78, 5) is 40.1. The van der Waals surface area contributed by atoms with Crippen molar-refractivity contribution in [3.05, 3.63) is 105 Å². The minimum Gasteiger partial charge on any atom is -0.377 e. The fraction of sp³-hybridized carbons (Fsp3) is 0.194. The molecule has 42 heavy (non-hydrogen) atoms. The molecular formula is C31H30ClN7O2S. The molecule has 3 heterocycles. The van der Waals surface area contributed by atoms with Gasteiger partial charge in [0.05, 0.1) is 22.6 Å². The molecule has 9 nitrogen and oxygen atoms in total. The summed E-state index contributed by atoms with van der Waals surface area (Å²) >= 11 is 7.27. The highest BCUT2D eigenvalue weighted by atomic mass is 35.5. The van der Waals surface area contributed by atoms with Crippen LogP contribution >= 0.6 is 23.5 Å². The van der Waals surface area contributed by atoms with E-state index in [0.717, 1.165) is 22.4 Å². The maximum atomic E-state index is 13.6. The van der Waals surface area contributed by atoms with Crippen molar-refractivity contribution in [2.45, 2.75) is 26.8 Å². The molecule has 0 aliphatic carbocycles. The van der Waals surface area contributed by atoms with Crippen molar-refractivity contribution in [3.63, 3.8) is 0 Å². The second-order valence-electron chi connectivity index (χ2n) is 9.95. The first-order chi connectivity index (χ1) is 20.2. The summed E-state index contributed by atoms with van der Waals surface area (Å²) in [5, 5.41) is 7.43. The Morgan fingerprint density at radius 2 is 1.81 bits per heavy atom. The summed E-state index contributed by atoms with van der Waals surface area (Å²) in [5.41, 5.74) is 5.60. The van der Waals surface area contributed by atoms with Gasteiger partial charge in [-0.1, -0.05) is 47.8 Å². The lowest BCUT2D eigenvalue weighted by Crippen LogP contribution is -2.22. The second kappa shape index (κ2) is 12.2. The number of hydrogen-bond acceptors (Lipinski definition) is 8. The van der Waals surface area contributed by atoms with Gasteiger partial charge in [-0.3, -0.25) is 18.9 Å². The van der Waals surface area contributed by atoms with E-state index >= 15 is 0 Å². The van der Waals surface area contributed by atoms with E-state index in [9.17, 15) is 9.59 Å². The number of para-hydroxylation sites is 1. The van der Waals surface area contributed by atoms with Gasteiger partial charge in [-0.15, -0.1) is 0 Å². The van der Waals surface area contributed by atoms with Gasteiger partial charge in [0.25, 0.3) is 11.5 Å². The zero-order valence-electron chi connectivity index (χ0n) is 23.8. The van der Waals surface area contributed by atoms with Crippen molar-refractivity contribution in [1.82, 2.24) is 24.2 Å². The molecule has 0 saturated heterocycles. The van der Waals surface area contributed by atoms with Crippen molar-refractivity contribution in [1.29, 1.82) is 0 Å². The van der Waals surface area contributed by atoms with Crippen LogP contribution in [0.15, 0.2) is 71.7 Å². The van der Waals surface area contributed by atoms with Gasteiger partial charge in [0.2, 0.25) is 0 Å². The maximum absolute atomic E-state index is 13.6. The fourth-order valence-corrected chi connectivity index (χ4v) is 5.20. The molecule has 1 atom stereocenters. The van der Waals surface area contributed by atoms with E-state index in [1.807, 2.05) is 69.3 Å². The molecule has 0 bridgehead atoms. The number of halogens is 1. The molecule has 11 heteroatoms. The molecule has 0 saturated carbocycles. The first-order valence-corrected chi connectivity index (χ1v) is 14.8. The molecule has 3 N–H and O–H groups in total. The lowest BCUT2D eigenvalue weighted by atomic mass is 10.0. The summed E-state index contributed by atoms with van der Waals surface area (Å²) in [6.45, 7) is 5.92. The summed E-state index contributed by atoms with van der Waals surface area (Å²) in [6.07, 6.45) is 3.46. The minimum atomic E-state index is -0.365. The quantitative estimate of drug-likeness (QED) is 0.135. The van der Waals surface area contributed by atoms with E-state index in [0.29, 0.717) is 33.8 Å². The number of anilines is 3. The first-order valence-electron chi connectivity index (χ1n) is 13.2. The van der Waals surface area contributed by atoms with Crippen LogP contribution in [-0.4, -0.2) is 31.7 Å². The number of rotatable bonds is 8. The lowest BCUT2D eigenvalue weighted by molar-refractivity contribution is 0.0980. The Bertz CT molecular complexity index is 1860. The SMILES string of the molecule is CSNC(=O)c1nc(Cl)ccc1NC(C)c1cc(C)cc2c(=O)n(C)c(-c3ccc(Nc4ccccc4C)nc3)nc12. The number of aryl methyl sites for hydroxylation is 2. The number of carbonyl (C=O) groups is 1. The van der Waals surface area contributed by atoms with Gasteiger partial charge in [-0.05, 0) is 68.3 Å². The molecule has 1 amide bonds. The predicted molar refractivity (Wildman–Crippen MR) is 172 cm³/mol. The molecule has 5 rings (SSSR count). The van der Waals surface area contributed by atoms with E-state index in [-0.39, 0.29) is 28.4 Å². The lowest BCUT2D eigenvalue weighted by Gasteiger charge is -2.20. The molecule has 3 aromatic heterocycles. The molecule has 0 aliphatic rings. The topological polar surface area (TPSA) is 114 Å². The smallest absolute Gasteiger partial charge is 0.281 e.